The summed E-state index contributed by atoms with van der Waals surface area (Å²) in [5.74, 6) is 0.671. The second-order valence-electron chi connectivity index (χ2n) is 5.57. The van der Waals surface area contributed by atoms with E-state index in [1.807, 2.05) is 43.3 Å². The summed E-state index contributed by atoms with van der Waals surface area (Å²) in [6.07, 6.45) is 0.864. The van der Waals surface area contributed by atoms with Gasteiger partial charge in [-0.15, -0.1) is 5.10 Å². The van der Waals surface area contributed by atoms with Crippen molar-refractivity contribution in [2.24, 2.45) is 5.73 Å². The molecule has 1 aromatic carbocycles. The lowest BCUT2D eigenvalue weighted by Gasteiger charge is -2.16. The molecule has 6 heteroatoms. The highest BCUT2D eigenvalue weighted by molar-refractivity contribution is 5.95. The summed E-state index contributed by atoms with van der Waals surface area (Å²) < 4.78 is 0. The molecule has 114 valence electrons. The van der Waals surface area contributed by atoms with Crippen LogP contribution < -0.4 is 11.1 Å². The molecule has 1 fully saturated rings. The van der Waals surface area contributed by atoms with Crippen molar-refractivity contribution in [3.05, 3.63) is 47.7 Å². The Kier molecular flexibility index (Phi) is 4.02. The van der Waals surface area contributed by atoms with Crippen molar-refractivity contribution >= 4 is 17.4 Å². The van der Waals surface area contributed by atoms with Gasteiger partial charge in [-0.3, -0.25) is 4.79 Å². The number of nitrogens with zero attached hydrogens (tertiary/aromatic N) is 3. The molecule has 3 rings (SSSR count). The van der Waals surface area contributed by atoms with Crippen LogP contribution in [0.5, 0.6) is 0 Å². The van der Waals surface area contributed by atoms with Crippen LogP contribution in [0.2, 0.25) is 0 Å². The molecule has 0 aliphatic carbocycles. The highest BCUT2D eigenvalue weighted by atomic mass is 16.2. The number of hydrogen-bond donors (Lipinski definition) is 2. The minimum absolute atomic E-state index is 0.0200. The predicted molar refractivity (Wildman–Crippen MR) is 85.0 cm³/mol. The Labute approximate surface area is 129 Å². The molecule has 1 amide bonds. The minimum atomic E-state index is 0.0200. The number of nitrogens with one attached hydrogen (secondary N) is 1. The summed E-state index contributed by atoms with van der Waals surface area (Å²) in [7, 11) is 0. The number of benzene rings is 1. The van der Waals surface area contributed by atoms with Gasteiger partial charge in [-0.25, -0.2) is 0 Å². The molecule has 1 atom stereocenters. The van der Waals surface area contributed by atoms with Gasteiger partial charge < -0.3 is 16.0 Å². The molecular formula is C16H19N5O. The Bertz CT molecular complexity index is 670. The van der Waals surface area contributed by atoms with Gasteiger partial charge in [0.2, 0.25) is 0 Å². The highest BCUT2D eigenvalue weighted by Crippen LogP contribution is 2.18. The number of anilines is 2. The van der Waals surface area contributed by atoms with Crippen molar-refractivity contribution < 1.29 is 4.79 Å². The monoisotopic (exact) mass is 297 g/mol. The lowest BCUT2D eigenvalue weighted by Crippen LogP contribution is -2.31. The number of aryl methyl sites for hydroxylation is 1. The van der Waals surface area contributed by atoms with E-state index in [0.717, 1.165) is 24.3 Å². The zero-order valence-electron chi connectivity index (χ0n) is 12.5. The minimum Gasteiger partial charge on any atom is -0.339 e. The molecule has 1 aliphatic heterocycles. The zero-order valence-corrected chi connectivity index (χ0v) is 12.5. The Hall–Kier alpha value is -2.47. The van der Waals surface area contributed by atoms with Gasteiger partial charge in [-0.2, -0.15) is 5.10 Å². The number of amides is 1. The maximum Gasteiger partial charge on any atom is 0.253 e. The lowest BCUT2D eigenvalue weighted by atomic mass is 10.1. The largest absolute Gasteiger partial charge is 0.339 e. The fraction of sp³-hybridized carbons (Fsp3) is 0.312. The van der Waals surface area contributed by atoms with E-state index < -0.39 is 0 Å². The van der Waals surface area contributed by atoms with Gasteiger partial charge in [-0.1, -0.05) is 6.07 Å². The molecular weight excluding hydrogens is 278 g/mol. The second kappa shape index (κ2) is 6.11. The summed E-state index contributed by atoms with van der Waals surface area (Å²) in [5, 5.41) is 11.2. The number of likely N-dealkylation sites (tertiary alicyclic amines) is 1. The van der Waals surface area contributed by atoms with Crippen LogP contribution in [0.3, 0.4) is 0 Å². The molecule has 0 saturated carbocycles. The summed E-state index contributed by atoms with van der Waals surface area (Å²) in [6.45, 7) is 3.23. The van der Waals surface area contributed by atoms with Crippen molar-refractivity contribution in [2.45, 2.75) is 19.4 Å². The molecule has 1 saturated heterocycles. The lowest BCUT2D eigenvalue weighted by molar-refractivity contribution is 0.0791. The average Bonchev–Trinajstić information content (AvgIpc) is 2.96. The van der Waals surface area contributed by atoms with E-state index in [2.05, 4.69) is 15.5 Å². The molecule has 2 aromatic rings. The quantitative estimate of drug-likeness (QED) is 0.901. The van der Waals surface area contributed by atoms with Crippen molar-refractivity contribution in [3.8, 4) is 0 Å². The first-order valence-corrected chi connectivity index (χ1v) is 7.34. The van der Waals surface area contributed by atoms with Crippen LogP contribution in [-0.2, 0) is 0 Å². The van der Waals surface area contributed by atoms with Crippen LogP contribution in [0.1, 0.15) is 22.5 Å². The maximum absolute atomic E-state index is 12.5. The summed E-state index contributed by atoms with van der Waals surface area (Å²) >= 11 is 0. The average molecular weight is 297 g/mol. The van der Waals surface area contributed by atoms with Crippen LogP contribution in [0, 0.1) is 6.92 Å². The Morgan fingerprint density at radius 3 is 2.86 bits per heavy atom. The number of carbonyl (C=O) groups is 1. The number of hydrogen-bond acceptors (Lipinski definition) is 5. The fourth-order valence-electron chi connectivity index (χ4n) is 2.50. The van der Waals surface area contributed by atoms with Gasteiger partial charge in [-0.05, 0) is 43.7 Å². The molecule has 3 N–H and O–H groups in total. The third-order valence-corrected chi connectivity index (χ3v) is 3.69. The van der Waals surface area contributed by atoms with Gasteiger partial charge >= 0.3 is 0 Å². The van der Waals surface area contributed by atoms with Gasteiger partial charge in [0, 0.05) is 30.4 Å². The number of nitrogens with two attached hydrogens (primary N) is 1. The van der Waals surface area contributed by atoms with Crippen LogP contribution in [0.25, 0.3) is 0 Å². The Morgan fingerprint density at radius 2 is 2.18 bits per heavy atom. The molecule has 0 unspecified atom stereocenters. The SMILES string of the molecule is Cc1ccc(Nc2cccc(C(=O)N3CC[C@@H](N)C3)c2)nn1. The van der Waals surface area contributed by atoms with E-state index in [-0.39, 0.29) is 11.9 Å². The van der Waals surface area contributed by atoms with Crippen LogP contribution in [0.4, 0.5) is 11.5 Å². The van der Waals surface area contributed by atoms with Gasteiger partial charge in [0.1, 0.15) is 0 Å². The molecule has 22 heavy (non-hydrogen) atoms. The molecule has 0 spiro atoms. The van der Waals surface area contributed by atoms with Crippen LogP contribution >= 0.6 is 0 Å². The number of rotatable bonds is 3. The van der Waals surface area contributed by atoms with Crippen molar-refractivity contribution in [1.82, 2.24) is 15.1 Å². The van der Waals surface area contributed by atoms with Crippen molar-refractivity contribution in [1.29, 1.82) is 0 Å². The summed E-state index contributed by atoms with van der Waals surface area (Å²) in [5.41, 5.74) is 8.19. The van der Waals surface area contributed by atoms with Gasteiger partial charge in [0.25, 0.3) is 5.91 Å². The van der Waals surface area contributed by atoms with Crippen LogP contribution in [0.15, 0.2) is 36.4 Å². The summed E-state index contributed by atoms with van der Waals surface area (Å²) in [6, 6.07) is 11.2. The van der Waals surface area contributed by atoms with Crippen LogP contribution in [-0.4, -0.2) is 40.1 Å². The van der Waals surface area contributed by atoms with E-state index in [0.29, 0.717) is 17.9 Å². The smallest absolute Gasteiger partial charge is 0.253 e. The third kappa shape index (κ3) is 3.23. The first-order chi connectivity index (χ1) is 10.6. The predicted octanol–water partition coefficient (Wildman–Crippen LogP) is 1.70. The molecule has 6 nitrogen and oxygen atoms in total. The molecule has 0 bridgehead atoms. The fourth-order valence-corrected chi connectivity index (χ4v) is 2.50. The Morgan fingerprint density at radius 1 is 1.32 bits per heavy atom. The maximum atomic E-state index is 12.5. The third-order valence-electron chi connectivity index (χ3n) is 3.69. The van der Waals surface area contributed by atoms with E-state index in [9.17, 15) is 4.79 Å². The molecule has 2 heterocycles. The molecule has 0 radical (unpaired) electrons. The first kappa shape index (κ1) is 14.5. The Balaban J connectivity index is 1.74. The first-order valence-electron chi connectivity index (χ1n) is 7.34. The van der Waals surface area contributed by atoms with E-state index in [1.165, 1.54) is 0 Å². The highest BCUT2D eigenvalue weighted by Gasteiger charge is 2.24. The van der Waals surface area contributed by atoms with E-state index in [1.54, 1.807) is 4.90 Å². The standard InChI is InChI=1S/C16H19N5O/c1-11-5-6-15(20-19-11)18-14-4-2-3-12(9-14)16(22)21-8-7-13(17)10-21/h2-6,9,13H,7-8,10,17H2,1H3,(H,18,20)/t13-/m1/s1. The van der Waals surface area contributed by atoms with Crippen molar-refractivity contribution in [3.63, 3.8) is 0 Å². The molecule has 1 aromatic heterocycles. The summed E-state index contributed by atoms with van der Waals surface area (Å²) in [4.78, 5) is 14.3. The van der Waals surface area contributed by atoms with Gasteiger partial charge in [0.15, 0.2) is 5.82 Å². The zero-order chi connectivity index (χ0) is 15.5. The molecule has 1 aliphatic rings. The topological polar surface area (TPSA) is 84.1 Å². The van der Waals surface area contributed by atoms with Gasteiger partial charge in [0.05, 0.1) is 5.69 Å². The second-order valence-corrected chi connectivity index (χ2v) is 5.57. The number of carbonyl (C=O) groups excluding carboxylic acids is 1. The normalized spacial score (nSPS) is 17.5. The number of aromatic nitrogens is 2. The van der Waals surface area contributed by atoms with E-state index >= 15 is 0 Å². The van der Waals surface area contributed by atoms with Crippen molar-refractivity contribution in [2.75, 3.05) is 18.4 Å². The van der Waals surface area contributed by atoms with E-state index in [4.69, 9.17) is 5.73 Å².